The number of hydrogen-bond acceptors (Lipinski definition) is 6. The molecule has 0 unspecified atom stereocenters. The van der Waals surface area contributed by atoms with Crippen LogP contribution in [-0.4, -0.2) is 36.0 Å². The van der Waals surface area contributed by atoms with Crippen molar-refractivity contribution in [2.24, 2.45) is 5.73 Å². The van der Waals surface area contributed by atoms with Gasteiger partial charge in [-0.3, -0.25) is 0 Å². The lowest BCUT2D eigenvalue weighted by molar-refractivity contribution is 0.348. The molecule has 1 aliphatic carbocycles. The molecule has 0 amide bonds. The van der Waals surface area contributed by atoms with E-state index >= 15 is 0 Å². The molecule has 3 rings (SSSR count). The Morgan fingerprint density at radius 2 is 1.71 bits per heavy atom. The van der Waals surface area contributed by atoms with Gasteiger partial charge in [-0.1, -0.05) is 44.0 Å². The predicted molar refractivity (Wildman–Crippen MR) is 110 cm³/mol. The lowest BCUT2D eigenvalue weighted by Gasteiger charge is -2.18. The Balaban J connectivity index is 0.00000280. The lowest BCUT2D eigenvalue weighted by atomic mass is 9.99. The monoisotopic (exact) mass is 428 g/mol. The molecule has 0 saturated heterocycles. The third-order valence-electron chi connectivity index (χ3n) is 5.30. The van der Waals surface area contributed by atoms with Gasteiger partial charge in [-0.15, -0.1) is 12.4 Å². The number of sulfonamides is 1. The predicted octanol–water partition coefficient (Wildman–Crippen LogP) is 3.04. The van der Waals surface area contributed by atoms with Crippen LogP contribution in [0.1, 0.15) is 56.8 Å². The molecule has 1 saturated carbocycles. The highest BCUT2D eigenvalue weighted by Crippen LogP contribution is 2.34. The minimum Gasteiger partial charge on any atom is -0.339 e. The highest BCUT2D eigenvalue weighted by Gasteiger charge is 2.35. The molecular formula is C19H29ClN4O3S. The second kappa shape index (κ2) is 9.35. The van der Waals surface area contributed by atoms with Gasteiger partial charge in [0.25, 0.3) is 0 Å². The molecule has 28 heavy (non-hydrogen) atoms. The third-order valence-corrected chi connectivity index (χ3v) is 7.37. The highest BCUT2D eigenvalue weighted by molar-refractivity contribution is 7.89. The Bertz CT molecular complexity index is 858. The summed E-state index contributed by atoms with van der Waals surface area (Å²) in [5.41, 5.74) is 6.94. The summed E-state index contributed by atoms with van der Waals surface area (Å²) in [5.74, 6) is 1.18. The van der Waals surface area contributed by atoms with E-state index in [1.54, 1.807) is 12.1 Å². The van der Waals surface area contributed by atoms with E-state index < -0.39 is 15.6 Å². The summed E-state index contributed by atoms with van der Waals surface area (Å²) in [6.45, 7) is 4.60. The Morgan fingerprint density at radius 3 is 2.29 bits per heavy atom. The standard InChI is InChI=1S/C19H28N4O3S.ClH/c1-3-23(4-2)27(24,25)16-10-7-15(8-11-16)9-12-17-21-18(22-26-17)19(20)13-5-6-14-19;/h7-8,10-11H,3-6,9,12-14,20H2,1-2H3;1H. The summed E-state index contributed by atoms with van der Waals surface area (Å²) in [5, 5.41) is 4.07. The number of halogens is 1. The molecule has 1 aromatic carbocycles. The van der Waals surface area contributed by atoms with Crippen LogP contribution in [0.2, 0.25) is 0 Å². The first kappa shape index (κ1) is 22.8. The fourth-order valence-corrected chi connectivity index (χ4v) is 5.04. The van der Waals surface area contributed by atoms with E-state index in [2.05, 4.69) is 10.1 Å². The van der Waals surface area contributed by atoms with E-state index in [1.807, 2.05) is 26.0 Å². The van der Waals surface area contributed by atoms with Crippen LogP contribution < -0.4 is 5.73 Å². The highest BCUT2D eigenvalue weighted by atomic mass is 35.5. The fraction of sp³-hybridized carbons (Fsp3) is 0.579. The minimum atomic E-state index is -3.42. The maximum Gasteiger partial charge on any atom is 0.243 e. The van der Waals surface area contributed by atoms with E-state index in [9.17, 15) is 8.42 Å². The molecule has 0 aliphatic heterocycles. The summed E-state index contributed by atoms with van der Waals surface area (Å²) < 4.78 is 31.9. The molecule has 2 N–H and O–H groups in total. The summed E-state index contributed by atoms with van der Waals surface area (Å²) >= 11 is 0. The van der Waals surface area contributed by atoms with Crippen LogP contribution in [0.15, 0.2) is 33.7 Å². The molecule has 1 aromatic heterocycles. The maximum atomic E-state index is 12.5. The number of nitrogens with zero attached hydrogens (tertiary/aromatic N) is 3. The van der Waals surface area contributed by atoms with Crippen molar-refractivity contribution in [1.82, 2.24) is 14.4 Å². The molecule has 7 nitrogen and oxygen atoms in total. The van der Waals surface area contributed by atoms with Gasteiger partial charge in [-0.2, -0.15) is 9.29 Å². The zero-order valence-corrected chi connectivity index (χ0v) is 18.1. The van der Waals surface area contributed by atoms with Gasteiger partial charge in [-0.05, 0) is 37.0 Å². The molecule has 2 aromatic rings. The summed E-state index contributed by atoms with van der Waals surface area (Å²) in [7, 11) is -3.42. The van der Waals surface area contributed by atoms with E-state index in [1.165, 1.54) is 4.31 Å². The maximum absolute atomic E-state index is 12.5. The van der Waals surface area contributed by atoms with Crippen molar-refractivity contribution in [3.63, 3.8) is 0 Å². The van der Waals surface area contributed by atoms with Gasteiger partial charge in [0.15, 0.2) is 5.82 Å². The average Bonchev–Trinajstić information content (AvgIpc) is 3.31. The van der Waals surface area contributed by atoms with Crippen molar-refractivity contribution < 1.29 is 12.9 Å². The Hall–Kier alpha value is -1.48. The summed E-state index contributed by atoms with van der Waals surface area (Å²) in [6, 6.07) is 7.01. The topological polar surface area (TPSA) is 102 Å². The van der Waals surface area contributed by atoms with Crippen molar-refractivity contribution in [2.45, 2.75) is 62.8 Å². The number of aryl methyl sites for hydroxylation is 2. The molecule has 9 heteroatoms. The second-order valence-corrected chi connectivity index (χ2v) is 9.05. The van der Waals surface area contributed by atoms with Crippen molar-refractivity contribution in [3.05, 3.63) is 41.5 Å². The molecule has 156 valence electrons. The van der Waals surface area contributed by atoms with Crippen LogP contribution in [0, 0.1) is 0 Å². The SMILES string of the molecule is CCN(CC)S(=O)(=O)c1ccc(CCc2nc(C3(N)CCCC3)no2)cc1.Cl. The van der Waals surface area contributed by atoms with Crippen LogP contribution in [-0.2, 0) is 28.4 Å². The van der Waals surface area contributed by atoms with Gasteiger partial charge >= 0.3 is 0 Å². The number of benzene rings is 1. The van der Waals surface area contributed by atoms with E-state index in [4.69, 9.17) is 10.3 Å². The molecular weight excluding hydrogens is 400 g/mol. The Morgan fingerprint density at radius 1 is 1.11 bits per heavy atom. The molecule has 0 bridgehead atoms. The van der Waals surface area contributed by atoms with Gasteiger partial charge in [0.1, 0.15) is 0 Å². The van der Waals surface area contributed by atoms with Crippen molar-refractivity contribution in [3.8, 4) is 0 Å². The lowest BCUT2D eigenvalue weighted by Crippen LogP contribution is -2.34. The molecule has 1 heterocycles. The van der Waals surface area contributed by atoms with Gasteiger partial charge in [0.2, 0.25) is 15.9 Å². The van der Waals surface area contributed by atoms with Gasteiger partial charge in [0, 0.05) is 19.5 Å². The van der Waals surface area contributed by atoms with Crippen LogP contribution in [0.4, 0.5) is 0 Å². The Kier molecular flexibility index (Phi) is 7.61. The largest absolute Gasteiger partial charge is 0.339 e. The van der Waals surface area contributed by atoms with E-state index in [-0.39, 0.29) is 12.4 Å². The van der Waals surface area contributed by atoms with Crippen LogP contribution in [0.25, 0.3) is 0 Å². The quantitative estimate of drug-likeness (QED) is 0.693. The first-order valence-electron chi connectivity index (χ1n) is 9.60. The van der Waals surface area contributed by atoms with Gasteiger partial charge in [-0.25, -0.2) is 8.42 Å². The fourth-order valence-electron chi connectivity index (χ4n) is 3.58. The molecule has 0 spiro atoms. The summed E-state index contributed by atoms with van der Waals surface area (Å²) in [6.07, 6.45) is 5.30. The minimum absolute atomic E-state index is 0. The molecule has 0 radical (unpaired) electrons. The Labute approximate surface area is 173 Å². The third kappa shape index (κ3) is 4.74. The van der Waals surface area contributed by atoms with Crippen LogP contribution >= 0.6 is 12.4 Å². The first-order chi connectivity index (χ1) is 12.9. The number of rotatable bonds is 8. The van der Waals surface area contributed by atoms with Crippen LogP contribution in [0.3, 0.4) is 0 Å². The number of aromatic nitrogens is 2. The van der Waals surface area contributed by atoms with Crippen molar-refractivity contribution in [1.29, 1.82) is 0 Å². The second-order valence-electron chi connectivity index (χ2n) is 7.11. The molecule has 1 aliphatic rings. The first-order valence-corrected chi connectivity index (χ1v) is 11.0. The summed E-state index contributed by atoms with van der Waals surface area (Å²) in [4.78, 5) is 4.80. The number of nitrogens with two attached hydrogens (primary N) is 1. The van der Waals surface area contributed by atoms with Crippen molar-refractivity contribution >= 4 is 22.4 Å². The van der Waals surface area contributed by atoms with Crippen LogP contribution in [0.5, 0.6) is 0 Å². The smallest absolute Gasteiger partial charge is 0.243 e. The van der Waals surface area contributed by atoms with Gasteiger partial charge in [0.05, 0.1) is 10.4 Å². The van der Waals surface area contributed by atoms with E-state index in [0.29, 0.717) is 42.5 Å². The van der Waals surface area contributed by atoms with Gasteiger partial charge < -0.3 is 10.3 Å². The molecule has 1 fully saturated rings. The molecule has 0 atom stereocenters. The number of hydrogen-bond donors (Lipinski definition) is 1. The van der Waals surface area contributed by atoms with Crippen molar-refractivity contribution in [2.75, 3.05) is 13.1 Å². The van der Waals surface area contributed by atoms with E-state index in [0.717, 1.165) is 31.2 Å². The normalized spacial score (nSPS) is 16.3. The zero-order chi connectivity index (χ0) is 19.5. The zero-order valence-electron chi connectivity index (χ0n) is 16.4. The average molecular weight is 429 g/mol.